The van der Waals surface area contributed by atoms with Crippen LogP contribution in [0.4, 0.5) is 35.9 Å². The number of benzene rings is 3. The van der Waals surface area contributed by atoms with Crippen molar-refractivity contribution >= 4 is 40.5 Å². The van der Waals surface area contributed by atoms with Crippen molar-refractivity contribution in [3.8, 4) is 5.75 Å². The van der Waals surface area contributed by atoms with Gasteiger partial charge < -0.3 is 25.6 Å². The zero-order valence-electron chi connectivity index (χ0n) is 18.7. The standard InChI is InChI=1S/C25H21F3N4O4/c26-25(27,28)36-18-12-10-17(11-13-18)30-23(34)15-32-20-9-5-4-8-19(20)31-24(35)21(32)14-22(33)29-16-6-2-1-3-7-16/h1-13,21H,14-15H2,(H,29,33)(H,30,34)(H,31,35)/t21-/m1/s1. The normalized spacial score (nSPS) is 14.9. The van der Waals surface area contributed by atoms with Crippen LogP contribution in [0, 0.1) is 0 Å². The Morgan fingerprint density at radius 2 is 1.47 bits per heavy atom. The van der Waals surface area contributed by atoms with Crippen molar-refractivity contribution in [2.24, 2.45) is 0 Å². The van der Waals surface area contributed by atoms with Crippen molar-refractivity contribution < 1.29 is 32.3 Å². The van der Waals surface area contributed by atoms with Crippen LogP contribution in [0.2, 0.25) is 0 Å². The van der Waals surface area contributed by atoms with Crippen LogP contribution in [-0.2, 0) is 14.4 Å². The number of para-hydroxylation sites is 3. The molecule has 4 rings (SSSR count). The molecule has 0 spiro atoms. The molecule has 1 aliphatic heterocycles. The molecule has 3 aromatic rings. The largest absolute Gasteiger partial charge is 0.573 e. The summed E-state index contributed by atoms with van der Waals surface area (Å²) in [5, 5.41) is 8.08. The van der Waals surface area contributed by atoms with E-state index in [9.17, 15) is 27.6 Å². The van der Waals surface area contributed by atoms with Gasteiger partial charge in [-0.25, -0.2) is 0 Å². The maximum absolute atomic E-state index is 12.9. The van der Waals surface area contributed by atoms with Crippen LogP contribution < -0.4 is 25.6 Å². The summed E-state index contributed by atoms with van der Waals surface area (Å²) in [5.41, 5.74) is 1.85. The third-order valence-electron chi connectivity index (χ3n) is 5.27. The van der Waals surface area contributed by atoms with Gasteiger partial charge in [0, 0.05) is 11.4 Å². The van der Waals surface area contributed by atoms with E-state index < -0.39 is 35.9 Å². The first-order valence-electron chi connectivity index (χ1n) is 10.8. The van der Waals surface area contributed by atoms with Gasteiger partial charge in [0.05, 0.1) is 24.3 Å². The fraction of sp³-hybridized carbons (Fsp3) is 0.160. The molecule has 11 heteroatoms. The first kappa shape index (κ1) is 24.6. The van der Waals surface area contributed by atoms with Crippen LogP contribution in [0.25, 0.3) is 0 Å². The molecule has 1 heterocycles. The van der Waals surface area contributed by atoms with Gasteiger partial charge in [-0.3, -0.25) is 14.4 Å². The summed E-state index contributed by atoms with van der Waals surface area (Å²) in [6.07, 6.45) is -5.04. The minimum atomic E-state index is -4.82. The molecule has 0 bridgehead atoms. The number of anilines is 4. The van der Waals surface area contributed by atoms with Crippen molar-refractivity contribution in [1.29, 1.82) is 0 Å². The highest BCUT2D eigenvalue weighted by Gasteiger charge is 2.35. The van der Waals surface area contributed by atoms with Crippen LogP contribution >= 0.6 is 0 Å². The second-order valence-electron chi connectivity index (χ2n) is 7.89. The first-order valence-corrected chi connectivity index (χ1v) is 10.8. The Labute approximate surface area is 204 Å². The molecule has 0 radical (unpaired) electrons. The number of nitrogens with zero attached hydrogens (tertiary/aromatic N) is 1. The summed E-state index contributed by atoms with van der Waals surface area (Å²) in [7, 11) is 0. The molecule has 3 aromatic carbocycles. The van der Waals surface area contributed by atoms with Crippen molar-refractivity contribution in [2.75, 3.05) is 27.4 Å². The molecular formula is C25H21F3N4O4. The number of amides is 3. The average molecular weight is 498 g/mol. The van der Waals surface area contributed by atoms with Gasteiger partial charge in [0.15, 0.2) is 0 Å². The first-order chi connectivity index (χ1) is 17.2. The van der Waals surface area contributed by atoms with E-state index in [0.29, 0.717) is 17.1 Å². The smallest absolute Gasteiger partial charge is 0.406 e. The van der Waals surface area contributed by atoms with Crippen LogP contribution in [0.5, 0.6) is 5.75 Å². The number of halogens is 3. The van der Waals surface area contributed by atoms with Crippen LogP contribution in [-0.4, -0.2) is 36.7 Å². The second-order valence-corrected chi connectivity index (χ2v) is 7.89. The highest BCUT2D eigenvalue weighted by atomic mass is 19.4. The highest BCUT2D eigenvalue weighted by Crippen LogP contribution is 2.33. The van der Waals surface area contributed by atoms with Gasteiger partial charge in [-0.05, 0) is 48.5 Å². The van der Waals surface area contributed by atoms with Crippen molar-refractivity contribution in [2.45, 2.75) is 18.8 Å². The molecule has 8 nitrogen and oxygen atoms in total. The molecule has 0 unspecified atom stereocenters. The summed E-state index contributed by atoms with van der Waals surface area (Å²) < 4.78 is 40.9. The molecule has 0 aliphatic carbocycles. The molecule has 36 heavy (non-hydrogen) atoms. The van der Waals surface area contributed by atoms with E-state index in [1.807, 2.05) is 0 Å². The Hall–Kier alpha value is -4.54. The fourth-order valence-electron chi connectivity index (χ4n) is 3.76. The Bertz CT molecular complexity index is 1250. The maximum atomic E-state index is 12.9. The lowest BCUT2D eigenvalue weighted by Crippen LogP contribution is -2.52. The fourth-order valence-corrected chi connectivity index (χ4v) is 3.76. The number of hydrogen-bond acceptors (Lipinski definition) is 5. The predicted molar refractivity (Wildman–Crippen MR) is 128 cm³/mol. The summed E-state index contributed by atoms with van der Waals surface area (Å²) in [6.45, 7) is -0.283. The van der Waals surface area contributed by atoms with Crippen molar-refractivity contribution in [3.05, 3.63) is 78.9 Å². The zero-order chi connectivity index (χ0) is 25.7. The number of rotatable bonds is 7. The topological polar surface area (TPSA) is 99.8 Å². The number of alkyl halides is 3. The van der Waals surface area contributed by atoms with E-state index >= 15 is 0 Å². The predicted octanol–water partition coefficient (Wildman–Crippen LogP) is 4.38. The van der Waals surface area contributed by atoms with E-state index in [2.05, 4.69) is 20.7 Å². The molecule has 186 valence electrons. The SMILES string of the molecule is O=C(C[C@@H]1C(=O)Nc2ccccc2N1CC(=O)Nc1ccc(OC(F)(F)F)cc1)Nc1ccccc1. The lowest BCUT2D eigenvalue weighted by atomic mass is 10.0. The number of carbonyl (C=O) groups is 3. The third kappa shape index (κ3) is 6.32. The molecule has 3 N–H and O–H groups in total. The summed E-state index contributed by atoms with van der Waals surface area (Å²) in [4.78, 5) is 39.9. The highest BCUT2D eigenvalue weighted by molar-refractivity contribution is 6.08. The van der Waals surface area contributed by atoms with Gasteiger partial charge in [-0.1, -0.05) is 30.3 Å². The number of ether oxygens (including phenoxy) is 1. The molecule has 0 saturated carbocycles. The summed E-state index contributed by atoms with van der Waals surface area (Å²) in [5.74, 6) is -1.81. The van der Waals surface area contributed by atoms with Crippen LogP contribution in [0.3, 0.4) is 0 Å². The Kier molecular flexibility index (Phi) is 7.09. The minimum Gasteiger partial charge on any atom is -0.406 e. The number of carbonyl (C=O) groups excluding carboxylic acids is 3. The third-order valence-corrected chi connectivity index (χ3v) is 5.27. The van der Waals surface area contributed by atoms with E-state index in [0.717, 1.165) is 12.1 Å². The van der Waals surface area contributed by atoms with Gasteiger partial charge >= 0.3 is 6.36 Å². The molecular weight excluding hydrogens is 477 g/mol. The van der Waals surface area contributed by atoms with E-state index in [-0.39, 0.29) is 18.7 Å². The van der Waals surface area contributed by atoms with Gasteiger partial charge in [0.1, 0.15) is 11.8 Å². The minimum absolute atomic E-state index is 0.216. The molecule has 0 saturated heterocycles. The van der Waals surface area contributed by atoms with Crippen molar-refractivity contribution in [1.82, 2.24) is 0 Å². The average Bonchev–Trinajstić information content (AvgIpc) is 2.82. The summed E-state index contributed by atoms with van der Waals surface area (Å²) >= 11 is 0. The number of fused-ring (bicyclic) bond motifs is 1. The Balaban J connectivity index is 1.48. The van der Waals surface area contributed by atoms with Crippen LogP contribution in [0.15, 0.2) is 78.9 Å². The lowest BCUT2D eigenvalue weighted by molar-refractivity contribution is -0.274. The molecule has 0 fully saturated rings. The van der Waals surface area contributed by atoms with Gasteiger partial charge in [-0.15, -0.1) is 13.2 Å². The lowest BCUT2D eigenvalue weighted by Gasteiger charge is -2.37. The monoisotopic (exact) mass is 498 g/mol. The van der Waals surface area contributed by atoms with Crippen LogP contribution in [0.1, 0.15) is 6.42 Å². The van der Waals surface area contributed by atoms with Crippen molar-refractivity contribution in [3.63, 3.8) is 0 Å². The maximum Gasteiger partial charge on any atom is 0.573 e. The summed E-state index contributed by atoms with van der Waals surface area (Å²) in [6, 6.07) is 19.3. The van der Waals surface area contributed by atoms with Gasteiger partial charge in [0.2, 0.25) is 17.7 Å². The zero-order valence-corrected chi connectivity index (χ0v) is 18.7. The molecule has 3 amide bonds. The molecule has 1 atom stereocenters. The number of hydrogen-bond donors (Lipinski definition) is 3. The molecule has 0 aromatic heterocycles. The van der Waals surface area contributed by atoms with Gasteiger partial charge in [-0.2, -0.15) is 0 Å². The quantitative estimate of drug-likeness (QED) is 0.449. The van der Waals surface area contributed by atoms with E-state index in [1.165, 1.54) is 17.0 Å². The van der Waals surface area contributed by atoms with E-state index in [1.54, 1.807) is 54.6 Å². The molecule has 1 aliphatic rings. The van der Waals surface area contributed by atoms with E-state index in [4.69, 9.17) is 0 Å². The Morgan fingerprint density at radius 3 is 2.17 bits per heavy atom. The Morgan fingerprint density at radius 1 is 0.861 bits per heavy atom. The van der Waals surface area contributed by atoms with Gasteiger partial charge in [0.25, 0.3) is 0 Å². The number of nitrogens with one attached hydrogen (secondary N) is 3. The second kappa shape index (κ2) is 10.4.